The van der Waals surface area contributed by atoms with Crippen molar-refractivity contribution >= 4 is 16.0 Å². The number of aliphatic imine (C=N–C) groups is 1. The molecular weight excluding hydrogens is 360 g/mol. The number of nitrogens with zero attached hydrogens (tertiary/aromatic N) is 2. The summed E-state index contributed by atoms with van der Waals surface area (Å²) in [6.07, 6.45) is 5.27. The van der Waals surface area contributed by atoms with Crippen LogP contribution in [0.5, 0.6) is 0 Å². The van der Waals surface area contributed by atoms with Crippen LogP contribution in [0.2, 0.25) is 0 Å². The molecule has 0 aromatic heterocycles. The number of rotatable bonds is 8. The minimum Gasteiger partial charge on any atom is -0.356 e. The van der Waals surface area contributed by atoms with Crippen molar-refractivity contribution < 1.29 is 8.42 Å². The zero-order valence-electron chi connectivity index (χ0n) is 16.9. The van der Waals surface area contributed by atoms with Crippen molar-refractivity contribution in [1.82, 2.24) is 14.9 Å². The van der Waals surface area contributed by atoms with Crippen molar-refractivity contribution in [3.8, 4) is 0 Å². The van der Waals surface area contributed by atoms with Crippen molar-refractivity contribution in [3.05, 3.63) is 29.8 Å². The lowest BCUT2D eigenvalue weighted by Crippen LogP contribution is -2.39. The number of nitrogens with one attached hydrogen (secondary N) is 2. The van der Waals surface area contributed by atoms with E-state index in [-0.39, 0.29) is 0 Å². The summed E-state index contributed by atoms with van der Waals surface area (Å²) in [5, 5.41) is 6.63. The van der Waals surface area contributed by atoms with Crippen LogP contribution < -0.4 is 10.6 Å². The maximum Gasteiger partial charge on any atom is 0.243 e. The van der Waals surface area contributed by atoms with E-state index in [2.05, 4.69) is 29.5 Å². The first-order valence-corrected chi connectivity index (χ1v) is 11.5. The zero-order valence-corrected chi connectivity index (χ0v) is 17.7. The Kier molecular flexibility index (Phi) is 8.57. The van der Waals surface area contributed by atoms with Crippen LogP contribution >= 0.6 is 0 Å². The highest BCUT2D eigenvalue weighted by Crippen LogP contribution is 2.21. The van der Waals surface area contributed by atoms with Crippen LogP contribution in [-0.4, -0.2) is 45.4 Å². The molecule has 6 nitrogen and oxygen atoms in total. The number of hydrogen-bond donors (Lipinski definition) is 2. The van der Waals surface area contributed by atoms with Crippen molar-refractivity contribution in [2.24, 2.45) is 10.9 Å². The van der Waals surface area contributed by atoms with Gasteiger partial charge in [-0.15, -0.1) is 0 Å². The molecule has 0 spiro atoms. The highest BCUT2D eigenvalue weighted by molar-refractivity contribution is 7.89. The molecule has 0 aliphatic carbocycles. The van der Waals surface area contributed by atoms with Crippen LogP contribution in [0.3, 0.4) is 0 Å². The molecule has 152 valence electrons. The number of sulfonamides is 1. The van der Waals surface area contributed by atoms with Crippen molar-refractivity contribution in [1.29, 1.82) is 0 Å². The fraction of sp³-hybridized carbons (Fsp3) is 0.650. The minimum atomic E-state index is -3.40. The molecule has 1 heterocycles. The monoisotopic (exact) mass is 394 g/mol. The molecule has 1 aromatic rings. The molecule has 1 fully saturated rings. The van der Waals surface area contributed by atoms with Crippen LogP contribution in [0.4, 0.5) is 0 Å². The maximum atomic E-state index is 12.8. The van der Waals surface area contributed by atoms with E-state index in [1.54, 1.807) is 23.5 Å². The largest absolute Gasteiger partial charge is 0.356 e. The Morgan fingerprint density at radius 3 is 2.48 bits per heavy atom. The van der Waals surface area contributed by atoms with Gasteiger partial charge in [0.2, 0.25) is 10.0 Å². The van der Waals surface area contributed by atoms with Gasteiger partial charge >= 0.3 is 0 Å². The van der Waals surface area contributed by atoms with E-state index in [4.69, 9.17) is 0 Å². The molecule has 27 heavy (non-hydrogen) atoms. The van der Waals surface area contributed by atoms with E-state index < -0.39 is 10.0 Å². The molecule has 0 unspecified atom stereocenters. The third kappa shape index (κ3) is 6.21. The number of hydrogen-bond acceptors (Lipinski definition) is 3. The van der Waals surface area contributed by atoms with E-state index in [1.165, 1.54) is 0 Å². The lowest BCUT2D eigenvalue weighted by Gasteiger charge is -2.26. The summed E-state index contributed by atoms with van der Waals surface area (Å²) in [6.45, 7) is 7.05. The quantitative estimate of drug-likeness (QED) is 0.525. The van der Waals surface area contributed by atoms with Crippen molar-refractivity contribution in [2.45, 2.75) is 57.4 Å². The van der Waals surface area contributed by atoms with Crippen molar-refractivity contribution in [2.75, 3.05) is 26.7 Å². The van der Waals surface area contributed by atoms with Gasteiger partial charge in [-0.25, -0.2) is 8.42 Å². The third-order valence-corrected chi connectivity index (χ3v) is 7.14. The van der Waals surface area contributed by atoms with Gasteiger partial charge in [-0.3, -0.25) is 4.99 Å². The second kappa shape index (κ2) is 10.7. The second-order valence-corrected chi connectivity index (χ2v) is 9.04. The molecule has 1 aliphatic rings. The van der Waals surface area contributed by atoms with Gasteiger partial charge in [-0.1, -0.05) is 45.2 Å². The summed E-state index contributed by atoms with van der Waals surface area (Å²) < 4.78 is 27.3. The highest BCUT2D eigenvalue weighted by atomic mass is 32.2. The van der Waals surface area contributed by atoms with Gasteiger partial charge < -0.3 is 10.6 Å². The van der Waals surface area contributed by atoms with Crippen molar-refractivity contribution in [3.63, 3.8) is 0 Å². The summed E-state index contributed by atoms with van der Waals surface area (Å²) in [4.78, 5) is 4.63. The summed E-state index contributed by atoms with van der Waals surface area (Å²) in [7, 11) is -1.65. The topological polar surface area (TPSA) is 73.8 Å². The Morgan fingerprint density at radius 2 is 1.85 bits per heavy atom. The highest BCUT2D eigenvalue weighted by Gasteiger charge is 2.25. The molecule has 0 radical (unpaired) electrons. The first-order valence-electron chi connectivity index (χ1n) is 10.0. The predicted octanol–water partition coefficient (Wildman–Crippen LogP) is 2.96. The van der Waals surface area contributed by atoms with Gasteiger partial charge in [0.25, 0.3) is 0 Å². The van der Waals surface area contributed by atoms with Crippen LogP contribution in [0.25, 0.3) is 0 Å². The summed E-state index contributed by atoms with van der Waals surface area (Å²) in [5.41, 5.74) is 0.929. The molecule has 0 atom stereocenters. The Morgan fingerprint density at radius 1 is 1.15 bits per heavy atom. The average molecular weight is 395 g/mol. The summed E-state index contributed by atoms with van der Waals surface area (Å²) in [5.74, 6) is 1.37. The van der Waals surface area contributed by atoms with Gasteiger partial charge in [0.1, 0.15) is 0 Å². The fourth-order valence-corrected chi connectivity index (χ4v) is 4.88. The molecule has 1 aliphatic heterocycles. The Hall–Kier alpha value is -1.60. The van der Waals surface area contributed by atoms with Gasteiger partial charge in [0.15, 0.2) is 5.96 Å². The molecule has 2 N–H and O–H groups in total. The van der Waals surface area contributed by atoms with E-state index in [0.29, 0.717) is 30.4 Å². The summed E-state index contributed by atoms with van der Waals surface area (Å²) in [6, 6.07) is 7.21. The molecular formula is C20H34N4O2S. The Balaban J connectivity index is 1.98. The van der Waals surface area contributed by atoms with E-state index in [1.807, 2.05) is 12.1 Å². The molecule has 7 heteroatoms. The Bertz CT molecular complexity index is 708. The van der Waals surface area contributed by atoms with Gasteiger partial charge in [0, 0.05) is 33.2 Å². The van der Waals surface area contributed by atoms with Crippen LogP contribution in [0, 0.1) is 5.92 Å². The Labute approximate surface area is 164 Å². The first kappa shape index (κ1) is 21.7. The van der Waals surface area contributed by atoms with Crippen LogP contribution in [0.15, 0.2) is 34.2 Å². The van der Waals surface area contributed by atoms with Crippen LogP contribution in [0.1, 0.15) is 51.5 Å². The molecule has 1 aromatic carbocycles. The molecule has 2 rings (SSSR count). The van der Waals surface area contributed by atoms with Gasteiger partial charge in [-0.2, -0.15) is 4.31 Å². The molecule has 0 saturated carbocycles. The van der Waals surface area contributed by atoms with E-state index >= 15 is 0 Å². The SMILES string of the molecule is CCC(CC)CNC(=NC)NCc1cccc(S(=O)(=O)N2CCCCC2)c1. The normalized spacial score (nSPS) is 16.5. The molecule has 0 bridgehead atoms. The predicted molar refractivity (Wildman–Crippen MR) is 111 cm³/mol. The standard InChI is InChI=1S/C20H34N4O2S/c1-4-17(5-2)15-22-20(21-3)23-16-18-10-9-11-19(14-18)27(25,26)24-12-7-6-8-13-24/h9-11,14,17H,4-8,12-13,15-16H2,1-3H3,(H2,21,22,23). The fourth-order valence-electron chi connectivity index (χ4n) is 3.29. The van der Waals surface area contributed by atoms with Gasteiger partial charge in [-0.05, 0) is 36.5 Å². The third-order valence-electron chi connectivity index (χ3n) is 5.25. The smallest absolute Gasteiger partial charge is 0.243 e. The first-order chi connectivity index (χ1) is 13.0. The van der Waals surface area contributed by atoms with Crippen LogP contribution in [-0.2, 0) is 16.6 Å². The zero-order chi connectivity index (χ0) is 19.7. The number of benzene rings is 1. The van der Waals surface area contributed by atoms with E-state index in [0.717, 1.165) is 50.2 Å². The molecule has 0 amide bonds. The number of piperidine rings is 1. The van der Waals surface area contributed by atoms with Gasteiger partial charge in [0.05, 0.1) is 4.90 Å². The maximum absolute atomic E-state index is 12.8. The minimum absolute atomic E-state index is 0.378. The lowest BCUT2D eigenvalue weighted by atomic mass is 10.0. The number of guanidine groups is 1. The lowest BCUT2D eigenvalue weighted by molar-refractivity contribution is 0.346. The molecule has 1 saturated heterocycles. The second-order valence-electron chi connectivity index (χ2n) is 7.10. The average Bonchev–Trinajstić information content (AvgIpc) is 2.71. The van der Waals surface area contributed by atoms with E-state index in [9.17, 15) is 8.42 Å². The summed E-state index contributed by atoms with van der Waals surface area (Å²) >= 11 is 0.